The van der Waals surface area contributed by atoms with Crippen molar-refractivity contribution in [1.82, 2.24) is 10.2 Å². The number of benzene rings is 1. The average Bonchev–Trinajstić information content (AvgIpc) is 2.50. The summed E-state index contributed by atoms with van der Waals surface area (Å²) in [6.45, 7) is 8.28. The van der Waals surface area contributed by atoms with E-state index < -0.39 is 17.3 Å². The van der Waals surface area contributed by atoms with E-state index in [0.717, 1.165) is 5.56 Å². The number of carbonyl (C=O) groups excluding carboxylic acids is 2. The van der Waals surface area contributed by atoms with Crippen LogP contribution in [0.4, 0.5) is 9.18 Å². The zero-order valence-electron chi connectivity index (χ0n) is 15.0. The summed E-state index contributed by atoms with van der Waals surface area (Å²) in [5, 5.41) is 2.86. The Morgan fingerprint density at radius 1 is 1.28 bits per heavy atom. The highest BCUT2D eigenvalue weighted by atomic mass is 79.9. The Morgan fingerprint density at radius 2 is 1.88 bits per heavy atom. The monoisotopic (exact) mass is 414 g/mol. The number of hydrogen-bond donors (Lipinski definition) is 1. The molecule has 1 saturated heterocycles. The fourth-order valence-corrected chi connectivity index (χ4v) is 3.16. The standard InChI is InChI=1S/C18H24BrFN2O3/c1-11-5-6-13(20)14(15(11)19)16(23)21-12-7-9-22(10-8-12)17(24)25-18(2,3)4/h5-6,12H,7-10H2,1-4H3,(H,21,23). The molecule has 1 aliphatic rings. The van der Waals surface area contributed by atoms with Crippen molar-refractivity contribution in [3.8, 4) is 0 Å². The van der Waals surface area contributed by atoms with Crippen molar-refractivity contribution in [1.29, 1.82) is 0 Å². The molecule has 1 aromatic rings. The van der Waals surface area contributed by atoms with Crippen LogP contribution in [0.1, 0.15) is 49.5 Å². The van der Waals surface area contributed by atoms with Crippen LogP contribution in [0.2, 0.25) is 0 Å². The predicted octanol–water partition coefficient (Wildman–Crippen LogP) is 4.03. The van der Waals surface area contributed by atoms with Gasteiger partial charge in [0.05, 0.1) is 5.56 Å². The summed E-state index contributed by atoms with van der Waals surface area (Å²) in [5.41, 5.74) is 0.290. The molecule has 0 spiro atoms. The summed E-state index contributed by atoms with van der Waals surface area (Å²) in [6.07, 6.45) is 0.872. The number of hydrogen-bond acceptors (Lipinski definition) is 3. The number of amides is 2. The van der Waals surface area contributed by atoms with Crippen molar-refractivity contribution < 1.29 is 18.7 Å². The van der Waals surface area contributed by atoms with Crippen LogP contribution in [0.5, 0.6) is 0 Å². The van der Waals surface area contributed by atoms with E-state index in [1.807, 2.05) is 20.8 Å². The third-order valence-electron chi connectivity index (χ3n) is 3.99. The number of piperidine rings is 1. The number of halogens is 2. The fourth-order valence-electron chi connectivity index (χ4n) is 2.66. The molecule has 0 aliphatic carbocycles. The minimum Gasteiger partial charge on any atom is -0.444 e. The molecule has 0 atom stereocenters. The first-order valence-electron chi connectivity index (χ1n) is 8.32. The third kappa shape index (κ3) is 5.17. The third-order valence-corrected chi connectivity index (χ3v) is 5.02. The molecule has 1 N–H and O–H groups in total. The maximum Gasteiger partial charge on any atom is 0.410 e. The highest BCUT2D eigenvalue weighted by Crippen LogP contribution is 2.24. The number of ether oxygens (including phenoxy) is 1. The molecule has 0 bridgehead atoms. The smallest absolute Gasteiger partial charge is 0.410 e. The lowest BCUT2D eigenvalue weighted by atomic mass is 10.0. The summed E-state index contributed by atoms with van der Waals surface area (Å²) in [4.78, 5) is 26.1. The van der Waals surface area contributed by atoms with E-state index in [0.29, 0.717) is 30.4 Å². The number of nitrogens with zero attached hydrogens (tertiary/aromatic N) is 1. The van der Waals surface area contributed by atoms with Gasteiger partial charge in [0.25, 0.3) is 5.91 Å². The lowest BCUT2D eigenvalue weighted by molar-refractivity contribution is 0.0199. The maximum atomic E-state index is 14.0. The molecule has 2 rings (SSSR count). The maximum absolute atomic E-state index is 14.0. The molecule has 0 unspecified atom stereocenters. The number of nitrogens with one attached hydrogen (secondary N) is 1. The van der Waals surface area contributed by atoms with Crippen LogP contribution in [0.3, 0.4) is 0 Å². The van der Waals surface area contributed by atoms with E-state index >= 15 is 0 Å². The largest absolute Gasteiger partial charge is 0.444 e. The second-order valence-electron chi connectivity index (χ2n) is 7.27. The van der Waals surface area contributed by atoms with Gasteiger partial charge in [-0.3, -0.25) is 4.79 Å². The summed E-state index contributed by atoms with van der Waals surface area (Å²) >= 11 is 3.28. The van der Waals surface area contributed by atoms with Gasteiger partial charge in [-0.2, -0.15) is 0 Å². The van der Waals surface area contributed by atoms with Gasteiger partial charge in [0.15, 0.2) is 0 Å². The molecule has 1 aliphatic heterocycles. The summed E-state index contributed by atoms with van der Waals surface area (Å²) in [6, 6.07) is 2.81. The van der Waals surface area contributed by atoms with Gasteiger partial charge in [0, 0.05) is 23.6 Å². The molecule has 2 amide bonds. The average molecular weight is 415 g/mol. The first-order valence-corrected chi connectivity index (χ1v) is 9.11. The first-order chi connectivity index (χ1) is 11.6. The highest BCUT2D eigenvalue weighted by Gasteiger charge is 2.28. The predicted molar refractivity (Wildman–Crippen MR) is 97.1 cm³/mol. The van der Waals surface area contributed by atoms with Crippen molar-refractivity contribution in [2.24, 2.45) is 0 Å². The Kier molecular flexibility index (Phi) is 6.08. The molecule has 0 radical (unpaired) electrons. The van der Waals surface area contributed by atoms with Gasteiger partial charge in [-0.1, -0.05) is 6.07 Å². The molecular weight excluding hydrogens is 391 g/mol. The molecule has 7 heteroatoms. The van der Waals surface area contributed by atoms with E-state index in [9.17, 15) is 14.0 Å². The molecule has 138 valence electrons. The SMILES string of the molecule is Cc1ccc(F)c(C(=O)NC2CCN(C(=O)OC(C)(C)C)CC2)c1Br. The first kappa shape index (κ1) is 19.7. The Balaban J connectivity index is 1.93. The summed E-state index contributed by atoms with van der Waals surface area (Å²) in [5.74, 6) is -0.995. The van der Waals surface area contributed by atoms with Gasteiger partial charge >= 0.3 is 6.09 Å². The van der Waals surface area contributed by atoms with Crippen molar-refractivity contribution >= 4 is 27.9 Å². The van der Waals surface area contributed by atoms with Crippen molar-refractivity contribution in [3.63, 3.8) is 0 Å². The molecular formula is C18H24BrFN2O3. The van der Waals surface area contributed by atoms with Crippen molar-refractivity contribution in [2.75, 3.05) is 13.1 Å². The quantitative estimate of drug-likeness (QED) is 0.794. The topological polar surface area (TPSA) is 58.6 Å². The van der Waals surface area contributed by atoms with E-state index in [2.05, 4.69) is 21.2 Å². The van der Waals surface area contributed by atoms with Crippen LogP contribution in [0.25, 0.3) is 0 Å². The molecule has 0 aromatic heterocycles. The Bertz CT molecular complexity index is 665. The van der Waals surface area contributed by atoms with E-state index in [-0.39, 0.29) is 17.7 Å². The van der Waals surface area contributed by atoms with E-state index in [1.165, 1.54) is 6.07 Å². The highest BCUT2D eigenvalue weighted by molar-refractivity contribution is 9.10. The molecule has 1 fully saturated rings. The Labute approximate surface area is 156 Å². The Morgan fingerprint density at radius 3 is 2.44 bits per heavy atom. The minimum atomic E-state index is -0.554. The van der Waals surface area contributed by atoms with Gasteiger partial charge in [-0.05, 0) is 68.1 Å². The second kappa shape index (κ2) is 7.72. The van der Waals surface area contributed by atoms with Gasteiger partial charge in [0.1, 0.15) is 11.4 Å². The van der Waals surface area contributed by atoms with Crippen LogP contribution < -0.4 is 5.32 Å². The molecule has 1 heterocycles. The van der Waals surface area contributed by atoms with Crippen LogP contribution in [0, 0.1) is 12.7 Å². The van der Waals surface area contributed by atoms with Crippen molar-refractivity contribution in [2.45, 2.75) is 52.2 Å². The number of rotatable bonds is 2. The number of likely N-dealkylation sites (tertiary alicyclic amines) is 1. The lowest BCUT2D eigenvalue weighted by Crippen LogP contribution is -2.48. The van der Waals surface area contributed by atoms with E-state index in [1.54, 1.807) is 17.9 Å². The second-order valence-corrected chi connectivity index (χ2v) is 8.06. The van der Waals surface area contributed by atoms with Gasteiger partial charge < -0.3 is 15.0 Å². The van der Waals surface area contributed by atoms with Gasteiger partial charge in [-0.15, -0.1) is 0 Å². The zero-order valence-corrected chi connectivity index (χ0v) is 16.6. The zero-order chi connectivity index (χ0) is 18.8. The van der Waals surface area contributed by atoms with Crippen LogP contribution in [0.15, 0.2) is 16.6 Å². The van der Waals surface area contributed by atoms with Crippen LogP contribution >= 0.6 is 15.9 Å². The van der Waals surface area contributed by atoms with Crippen LogP contribution in [-0.4, -0.2) is 41.6 Å². The van der Waals surface area contributed by atoms with Crippen molar-refractivity contribution in [3.05, 3.63) is 33.5 Å². The Hall–Kier alpha value is -1.63. The lowest BCUT2D eigenvalue weighted by Gasteiger charge is -2.33. The van der Waals surface area contributed by atoms with E-state index in [4.69, 9.17) is 4.74 Å². The normalized spacial score (nSPS) is 15.8. The molecule has 0 saturated carbocycles. The fraction of sp³-hybridized carbons (Fsp3) is 0.556. The molecule has 5 nitrogen and oxygen atoms in total. The van der Waals surface area contributed by atoms with Gasteiger partial charge in [0.2, 0.25) is 0 Å². The minimum absolute atomic E-state index is 0.0228. The summed E-state index contributed by atoms with van der Waals surface area (Å²) < 4.78 is 19.8. The summed E-state index contributed by atoms with van der Waals surface area (Å²) in [7, 11) is 0. The molecule has 1 aromatic carbocycles. The van der Waals surface area contributed by atoms with Gasteiger partial charge in [-0.25, -0.2) is 9.18 Å². The number of carbonyl (C=O) groups is 2. The number of aryl methyl sites for hydroxylation is 1. The van der Waals surface area contributed by atoms with Crippen LogP contribution in [-0.2, 0) is 4.74 Å². The molecule has 25 heavy (non-hydrogen) atoms.